The smallest absolute Gasteiger partial charge is 0.407 e. The molecule has 0 aliphatic heterocycles. The van der Waals surface area contributed by atoms with E-state index in [0.717, 1.165) is 85.3 Å². The van der Waals surface area contributed by atoms with Crippen molar-refractivity contribution in [1.29, 1.82) is 0 Å². The summed E-state index contributed by atoms with van der Waals surface area (Å²) in [5.74, 6) is -7.67. The summed E-state index contributed by atoms with van der Waals surface area (Å²) in [4.78, 5) is 189. The third-order valence-electron chi connectivity index (χ3n) is 15.9. The fraction of sp³-hybridized carbons (Fsp3) is 0.410. The van der Waals surface area contributed by atoms with Crippen LogP contribution in [0.5, 0.6) is 0 Å². The molecule has 2 aliphatic rings. The highest BCUT2D eigenvalue weighted by atomic mass is 16.6. The number of fused-ring (bicyclic) bond motifs is 2. The second kappa shape index (κ2) is 54.4. The lowest BCUT2D eigenvalue weighted by Gasteiger charge is -2.31. The van der Waals surface area contributed by atoms with Gasteiger partial charge in [-0.3, -0.25) is 0 Å². The predicted octanol–water partition coefficient (Wildman–Crippen LogP) is 5.72. The van der Waals surface area contributed by atoms with Gasteiger partial charge in [-0.15, -0.1) is 0 Å². The van der Waals surface area contributed by atoms with Gasteiger partial charge in [-0.25, -0.2) is 76.7 Å². The normalized spacial score (nSPS) is 13.4. The third-order valence-corrected chi connectivity index (χ3v) is 15.9. The van der Waals surface area contributed by atoms with Gasteiger partial charge in [0, 0.05) is 99.1 Å². The van der Waals surface area contributed by atoms with Crippen LogP contribution in [0.2, 0.25) is 0 Å². The van der Waals surface area contributed by atoms with Crippen LogP contribution in [0.25, 0.3) is 0 Å². The van der Waals surface area contributed by atoms with Crippen molar-refractivity contribution in [3.05, 3.63) is 187 Å². The van der Waals surface area contributed by atoms with Crippen molar-refractivity contribution in [3.8, 4) is 0 Å². The van der Waals surface area contributed by atoms with Gasteiger partial charge in [-0.05, 0) is 55.1 Å². The fourth-order valence-electron chi connectivity index (χ4n) is 9.66. The second-order valence-electron chi connectivity index (χ2n) is 24.9. The quantitative estimate of drug-likeness (QED) is 0.0344. The molecular weight excluding hydrogens is 1500 g/mol. The van der Waals surface area contributed by atoms with Gasteiger partial charge in [0.25, 0.3) is 0 Å². The van der Waals surface area contributed by atoms with Gasteiger partial charge in [0.2, 0.25) is 0 Å². The first-order valence-corrected chi connectivity index (χ1v) is 34.5. The number of hydrogen-bond donors (Lipinski definition) is 4. The maximum absolute atomic E-state index is 12.7. The van der Waals surface area contributed by atoms with E-state index in [-0.39, 0.29) is 65.9 Å². The molecule has 3 atom stereocenters. The zero-order chi connectivity index (χ0) is 85.6. The molecule has 0 aromatic heterocycles. The lowest BCUT2D eigenvalue weighted by molar-refractivity contribution is -0.161. The number of esters is 12. The van der Waals surface area contributed by atoms with Crippen LogP contribution in [-0.4, -0.2) is 215 Å². The highest BCUT2D eigenvalue weighted by Crippen LogP contribution is 2.48. The molecule has 3 unspecified atom stereocenters. The summed E-state index contributed by atoms with van der Waals surface area (Å²) in [6.07, 6.45) is 12.5. The van der Waals surface area contributed by atoms with Gasteiger partial charge in [0.1, 0.15) is 127 Å². The standard InChI is InChI=1S/C38H44N2O16.C23H31NO8.C17H23NO8/c1-7-29(41)49-19-37(20-50-30(42)8-2,21-51-31(43)9-3)25-55-35(47)39-17-27-14-13-15-28(16-27)18-40-36(48)56-26-38(22-52-32(44)10-4,23-53-33(45)11-5)24-54-34(46)12-6;1-4-19(25)29-12-23(13-30-20(26)5-2,14-31-21(27)6-3)15-32-22(28)24-11-18-10-16-7-8-17(18)9-16;1-5-13(19)23-9-17(10-24-14(20)6-2,11-25-15(21)7-3)12-26-16(22)18-8-4/h7-16H,1-6,17-26H2,(H,39,47)(H,40,48);4-6,16-18H,1-3,7-15H2,(H,24,28);5-7H,1-3,8-12H2,4H3,(H,18,22). The lowest BCUT2D eigenvalue weighted by atomic mass is 9.89. The first-order chi connectivity index (χ1) is 54.3. The molecule has 0 saturated heterocycles. The molecule has 4 amide bonds. The minimum Gasteiger partial charge on any atom is -0.462 e. The van der Waals surface area contributed by atoms with Crippen molar-refractivity contribution < 1.29 is 153 Å². The van der Waals surface area contributed by atoms with Gasteiger partial charge in [0.05, 0.1) is 0 Å². The van der Waals surface area contributed by atoms with Crippen molar-refractivity contribution in [2.45, 2.75) is 45.7 Å². The zero-order valence-electron chi connectivity index (χ0n) is 63.5. The van der Waals surface area contributed by atoms with E-state index < -0.39 is 171 Å². The molecule has 2 bridgehead atoms. The van der Waals surface area contributed by atoms with E-state index in [1.165, 1.54) is 19.3 Å². The van der Waals surface area contributed by atoms with Gasteiger partial charge >= 0.3 is 96.0 Å². The van der Waals surface area contributed by atoms with E-state index in [9.17, 15) is 76.7 Å². The van der Waals surface area contributed by atoms with Crippen LogP contribution in [0.4, 0.5) is 19.2 Å². The summed E-state index contributed by atoms with van der Waals surface area (Å²) >= 11 is 0. The zero-order valence-corrected chi connectivity index (χ0v) is 63.5. The minimum atomic E-state index is -1.53. The minimum absolute atomic E-state index is 0.0642. The molecule has 2 aliphatic carbocycles. The molecule has 0 radical (unpaired) electrons. The van der Waals surface area contributed by atoms with Crippen molar-refractivity contribution in [1.82, 2.24) is 21.3 Å². The van der Waals surface area contributed by atoms with Crippen molar-refractivity contribution in [2.24, 2.45) is 39.4 Å². The largest absolute Gasteiger partial charge is 0.462 e. The molecule has 114 heavy (non-hydrogen) atoms. The highest BCUT2D eigenvalue weighted by Gasteiger charge is 2.43. The Labute approximate surface area is 658 Å². The van der Waals surface area contributed by atoms with E-state index in [1.54, 1.807) is 31.2 Å². The molecule has 1 aromatic carbocycles. The number of alkyl carbamates (subject to hydrolysis) is 4. The van der Waals surface area contributed by atoms with Crippen LogP contribution >= 0.6 is 0 Å². The fourth-order valence-corrected chi connectivity index (χ4v) is 9.66. The topological polar surface area (TPSA) is 469 Å². The summed E-state index contributed by atoms with van der Waals surface area (Å²) in [5, 5.41) is 10.3. The highest BCUT2D eigenvalue weighted by molar-refractivity contribution is 5.86. The van der Waals surface area contributed by atoms with Crippen molar-refractivity contribution in [3.63, 3.8) is 0 Å². The number of rotatable bonds is 51. The molecule has 0 heterocycles. The van der Waals surface area contributed by atoms with Crippen LogP contribution in [0, 0.1) is 39.4 Å². The first kappa shape index (κ1) is 98.8. The van der Waals surface area contributed by atoms with Crippen molar-refractivity contribution >= 4 is 96.0 Å². The molecule has 3 rings (SSSR count). The Kier molecular flexibility index (Phi) is 47.2. The molecule has 0 spiro atoms. The maximum Gasteiger partial charge on any atom is 0.407 e. The van der Waals surface area contributed by atoms with Gasteiger partial charge in [-0.1, -0.05) is 110 Å². The molecule has 2 saturated carbocycles. The van der Waals surface area contributed by atoms with Gasteiger partial charge < -0.3 is 97.1 Å². The molecular formula is C78H98N4O32. The third kappa shape index (κ3) is 41.0. The SMILES string of the molecule is C=CC(=O)OCC(COC(=O)C=C)(COC(=O)C=C)COC(=O)NCC.C=CC(=O)OCC(COC(=O)C=C)(COC(=O)C=C)COC(=O)NCC1CC2CCC1C2.C=CC(=O)OCC(COC(=O)C=C)(COC(=O)C=C)COC(=O)NCc1cccc(CNC(=O)OCC(COC(=O)C=C)(COC(=O)C=C)COC(=O)C=C)c1. The van der Waals surface area contributed by atoms with Crippen LogP contribution in [0.15, 0.2) is 176 Å². The van der Waals surface area contributed by atoms with Gasteiger partial charge in [0.15, 0.2) is 0 Å². The summed E-state index contributed by atoms with van der Waals surface area (Å²) in [7, 11) is 0. The Bertz CT molecular complexity index is 3280. The van der Waals surface area contributed by atoms with Crippen LogP contribution < -0.4 is 21.3 Å². The van der Waals surface area contributed by atoms with Crippen LogP contribution in [0.1, 0.15) is 43.7 Å². The van der Waals surface area contributed by atoms with Crippen molar-refractivity contribution in [2.75, 3.05) is 119 Å². The predicted molar refractivity (Wildman–Crippen MR) is 400 cm³/mol. The second-order valence-corrected chi connectivity index (χ2v) is 24.9. The Morgan fingerprint density at radius 1 is 0.307 bits per heavy atom. The Hall–Kier alpha value is -13.2. The molecule has 36 heteroatoms. The molecule has 1 aromatic rings. The number of ether oxygens (including phenoxy) is 16. The summed E-state index contributed by atoms with van der Waals surface area (Å²) < 4.78 is 81.9. The average Bonchev–Trinajstić information content (AvgIpc) is 1.66. The Balaban J connectivity index is 0.000000942. The summed E-state index contributed by atoms with van der Waals surface area (Å²) in [5.41, 5.74) is -4.60. The number of benzene rings is 1. The maximum atomic E-state index is 12.7. The number of carbonyl (C=O) groups excluding carboxylic acids is 16. The number of carbonyl (C=O) groups is 16. The first-order valence-electron chi connectivity index (χ1n) is 34.5. The van der Waals surface area contributed by atoms with E-state index in [4.69, 9.17) is 75.8 Å². The molecule has 2 fully saturated rings. The van der Waals surface area contributed by atoms with E-state index in [0.29, 0.717) is 36.1 Å². The monoisotopic (exact) mass is 1600 g/mol. The van der Waals surface area contributed by atoms with Crippen LogP contribution in [0.3, 0.4) is 0 Å². The Morgan fingerprint density at radius 3 is 0.711 bits per heavy atom. The van der Waals surface area contributed by atoms with E-state index in [1.807, 2.05) is 0 Å². The molecule has 36 nitrogen and oxygen atoms in total. The lowest BCUT2D eigenvalue weighted by Crippen LogP contribution is -2.45. The van der Waals surface area contributed by atoms with Crippen LogP contribution in [-0.2, 0) is 146 Å². The summed E-state index contributed by atoms with van der Waals surface area (Å²) in [6, 6.07) is 6.62. The van der Waals surface area contributed by atoms with Gasteiger partial charge in [-0.2, -0.15) is 0 Å². The number of hydrogen-bond acceptors (Lipinski definition) is 32. The molecule has 622 valence electrons. The molecule has 4 N–H and O–H groups in total. The number of nitrogens with one attached hydrogen (secondary N) is 4. The van der Waals surface area contributed by atoms with E-state index in [2.05, 4.69) is 100 Å². The van der Waals surface area contributed by atoms with E-state index >= 15 is 0 Å². The Morgan fingerprint density at radius 2 is 0.518 bits per heavy atom. The average molecular weight is 1600 g/mol. The number of amides is 4. The summed E-state index contributed by atoms with van der Waals surface area (Å²) in [6.45, 7) is 35.0.